The third-order valence-electron chi connectivity index (χ3n) is 3.20. The minimum atomic E-state index is -0.747. The number of rotatable bonds is 3. The van der Waals surface area contributed by atoms with Crippen LogP contribution in [0.1, 0.15) is 26.7 Å². The zero-order valence-electron chi connectivity index (χ0n) is 8.06. The number of hydrogen-bond acceptors (Lipinski definition) is 2. The topological polar surface area (TPSA) is 54.4 Å². The van der Waals surface area contributed by atoms with Gasteiger partial charge in [-0.05, 0) is 24.7 Å². The zero-order chi connectivity index (χ0) is 10.0. The number of hydrogen-bond donors (Lipinski definition) is 1. The maximum absolute atomic E-state index is 10.9. The Bertz CT molecular complexity index is 212. The van der Waals surface area contributed by atoms with E-state index >= 15 is 0 Å². The third kappa shape index (κ3) is 1.90. The van der Waals surface area contributed by atoms with Gasteiger partial charge in [-0.2, -0.15) is 0 Å². The van der Waals surface area contributed by atoms with Crippen LogP contribution in [0.4, 0.5) is 0 Å². The Balaban J connectivity index is 2.75. The standard InChI is InChI=1S/C10H16O3/c1-6-3-4-8(7(2)5-11)9(6)10(12)13/h5-9H,3-4H2,1-2H3,(H,12,13)/t6-,7+,8+,9+/m0/s1. The molecule has 0 saturated heterocycles. The van der Waals surface area contributed by atoms with Crippen LogP contribution < -0.4 is 0 Å². The van der Waals surface area contributed by atoms with Crippen molar-refractivity contribution in [3.63, 3.8) is 0 Å². The lowest BCUT2D eigenvalue weighted by atomic mass is 9.83. The number of carboxylic acid groups (broad SMARTS) is 1. The number of aldehydes is 1. The van der Waals surface area contributed by atoms with Crippen LogP contribution in [-0.2, 0) is 9.59 Å². The smallest absolute Gasteiger partial charge is 0.307 e. The highest BCUT2D eigenvalue weighted by Crippen LogP contribution is 2.40. The second-order valence-electron chi connectivity index (χ2n) is 4.08. The van der Waals surface area contributed by atoms with Gasteiger partial charge in [-0.25, -0.2) is 0 Å². The molecule has 0 spiro atoms. The van der Waals surface area contributed by atoms with Crippen LogP contribution in [0.3, 0.4) is 0 Å². The molecular weight excluding hydrogens is 168 g/mol. The van der Waals surface area contributed by atoms with E-state index < -0.39 is 5.97 Å². The Morgan fingerprint density at radius 1 is 1.54 bits per heavy atom. The summed E-state index contributed by atoms with van der Waals surface area (Å²) in [7, 11) is 0. The van der Waals surface area contributed by atoms with E-state index in [9.17, 15) is 9.59 Å². The molecule has 0 amide bonds. The van der Waals surface area contributed by atoms with Gasteiger partial charge in [-0.15, -0.1) is 0 Å². The summed E-state index contributed by atoms with van der Waals surface area (Å²) >= 11 is 0. The first-order valence-corrected chi connectivity index (χ1v) is 4.76. The zero-order valence-corrected chi connectivity index (χ0v) is 8.06. The molecule has 0 aromatic rings. The normalized spacial score (nSPS) is 35.7. The largest absolute Gasteiger partial charge is 0.481 e. The molecular formula is C10H16O3. The van der Waals surface area contributed by atoms with Gasteiger partial charge in [-0.1, -0.05) is 13.8 Å². The van der Waals surface area contributed by atoms with Gasteiger partial charge in [0.05, 0.1) is 5.92 Å². The Morgan fingerprint density at radius 2 is 2.15 bits per heavy atom. The van der Waals surface area contributed by atoms with E-state index in [4.69, 9.17) is 5.11 Å². The number of carboxylic acids is 1. The summed E-state index contributed by atoms with van der Waals surface area (Å²) < 4.78 is 0. The van der Waals surface area contributed by atoms with E-state index in [0.717, 1.165) is 19.1 Å². The minimum Gasteiger partial charge on any atom is -0.481 e. The molecule has 0 radical (unpaired) electrons. The lowest BCUT2D eigenvalue weighted by molar-refractivity contribution is -0.145. The number of aliphatic carboxylic acids is 1. The second-order valence-corrected chi connectivity index (χ2v) is 4.08. The van der Waals surface area contributed by atoms with Crippen molar-refractivity contribution < 1.29 is 14.7 Å². The fraction of sp³-hybridized carbons (Fsp3) is 0.800. The molecule has 0 bridgehead atoms. The van der Waals surface area contributed by atoms with Crippen LogP contribution in [0.5, 0.6) is 0 Å². The first-order valence-electron chi connectivity index (χ1n) is 4.76. The lowest BCUT2D eigenvalue weighted by Gasteiger charge is -2.20. The molecule has 0 unspecified atom stereocenters. The quantitative estimate of drug-likeness (QED) is 0.677. The highest BCUT2D eigenvalue weighted by molar-refractivity contribution is 5.72. The summed E-state index contributed by atoms with van der Waals surface area (Å²) in [5.41, 5.74) is 0. The van der Waals surface area contributed by atoms with Crippen molar-refractivity contribution in [2.45, 2.75) is 26.7 Å². The second kappa shape index (κ2) is 3.90. The van der Waals surface area contributed by atoms with Gasteiger partial charge in [-0.3, -0.25) is 4.79 Å². The van der Waals surface area contributed by atoms with E-state index in [-0.39, 0.29) is 23.7 Å². The predicted octanol–water partition coefficient (Wildman–Crippen LogP) is 1.57. The van der Waals surface area contributed by atoms with Crippen LogP contribution in [-0.4, -0.2) is 17.4 Å². The van der Waals surface area contributed by atoms with Crippen molar-refractivity contribution in [1.82, 2.24) is 0 Å². The maximum atomic E-state index is 10.9. The van der Waals surface area contributed by atoms with Gasteiger partial charge in [0.15, 0.2) is 0 Å². The van der Waals surface area contributed by atoms with Gasteiger partial charge >= 0.3 is 5.97 Å². The summed E-state index contributed by atoms with van der Waals surface area (Å²) in [5, 5.41) is 8.98. The Morgan fingerprint density at radius 3 is 2.62 bits per heavy atom. The SMILES string of the molecule is C[C@H](C=O)[C@H]1CC[C@H](C)[C@H]1C(=O)O. The molecule has 0 aliphatic heterocycles. The predicted molar refractivity (Wildman–Crippen MR) is 48.2 cm³/mol. The molecule has 1 fully saturated rings. The monoisotopic (exact) mass is 184 g/mol. The Kier molecular flexibility index (Phi) is 3.07. The summed E-state index contributed by atoms with van der Waals surface area (Å²) in [6.45, 7) is 3.77. The van der Waals surface area contributed by atoms with E-state index in [2.05, 4.69) is 0 Å². The molecule has 1 saturated carbocycles. The molecule has 3 heteroatoms. The molecule has 0 aromatic heterocycles. The van der Waals surface area contributed by atoms with Crippen molar-refractivity contribution in [2.75, 3.05) is 0 Å². The highest BCUT2D eigenvalue weighted by atomic mass is 16.4. The van der Waals surface area contributed by atoms with Crippen molar-refractivity contribution in [1.29, 1.82) is 0 Å². The Labute approximate surface area is 78.1 Å². The van der Waals surface area contributed by atoms with E-state index in [0.29, 0.717) is 0 Å². The molecule has 0 heterocycles. The minimum absolute atomic E-state index is 0.0463. The third-order valence-corrected chi connectivity index (χ3v) is 3.20. The van der Waals surface area contributed by atoms with Crippen LogP contribution in [0.2, 0.25) is 0 Å². The van der Waals surface area contributed by atoms with Gasteiger partial charge in [0.1, 0.15) is 6.29 Å². The van der Waals surface area contributed by atoms with Gasteiger partial charge in [0.25, 0.3) is 0 Å². The molecule has 1 N–H and O–H groups in total. The molecule has 4 atom stereocenters. The van der Waals surface area contributed by atoms with Crippen LogP contribution in [0.15, 0.2) is 0 Å². The summed E-state index contributed by atoms with van der Waals surface area (Å²) in [5.74, 6) is -0.926. The van der Waals surface area contributed by atoms with Crippen molar-refractivity contribution in [3.05, 3.63) is 0 Å². The fourth-order valence-electron chi connectivity index (χ4n) is 2.35. The molecule has 1 aliphatic rings. The molecule has 1 aliphatic carbocycles. The van der Waals surface area contributed by atoms with Crippen molar-refractivity contribution >= 4 is 12.3 Å². The first kappa shape index (κ1) is 10.2. The van der Waals surface area contributed by atoms with Crippen molar-refractivity contribution in [3.8, 4) is 0 Å². The van der Waals surface area contributed by atoms with Crippen LogP contribution >= 0.6 is 0 Å². The average Bonchev–Trinajstić information content (AvgIpc) is 2.45. The van der Waals surface area contributed by atoms with E-state index in [1.54, 1.807) is 0 Å². The Hall–Kier alpha value is -0.860. The van der Waals surface area contributed by atoms with E-state index in [1.807, 2.05) is 13.8 Å². The molecule has 0 aromatic carbocycles. The fourth-order valence-corrected chi connectivity index (χ4v) is 2.35. The van der Waals surface area contributed by atoms with Crippen LogP contribution in [0, 0.1) is 23.7 Å². The first-order chi connectivity index (χ1) is 6.07. The summed E-state index contributed by atoms with van der Waals surface area (Å²) in [6, 6.07) is 0. The van der Waals surface area contributed by atoms with Gasteiger partial charge < -0.3 is 9.90 Å². The molecule has 1 rings (SSSR count). The van der Waals surface area contributed by atoms with Crippen LogP contribution in [0.25, 0.3) is 0 Å². The van der Waals surface area contributed by atoms with Gasteiger partial charge in [0.2, 0.25) is 0 Å². The number of carbonyl (C=O) groups is 2. The molecule has 13 heavy (non-hydrogen) atoms. The summed E-state index contributed by atoms with van der Waals surface area (Å²) in [4.78, 5) is 21.5. The molecule has 74 valence electrons. The molecule has 3 nitrogen and oxygen atoms in total. The lowest BCUT2D eigenvalue weighted by Crippen LogP contribution is -2.27. The van der Waals surface area contributed by atoms with E-state index in [1.165, 1.54) is 0 Å². The summed E-state index contributed by atoms with van der Waals surface area (Å²) in [6.07, 6.45) is 2.68. The van der Waals surface area contributed by atoms with Gasteiger partial charge in [0, 0.05) is 5.92 Å². The maximum Gasteiger partial charge on any atom is 0.307 e. The number of carbonyl (C=O) groups excluding carboxylic acids is 1. The average molecular weight is 184 g/mol. The highest BCUT2D eigenvalue weighted by Gasteiger charge is 2.40. The van der Waals surface area contributed by atoms with Crippen molar-refractivity contribution in [2.24, 2.45) is 23.7 Å².